The van der Waals surface area contributed by atoms with E-state index < -0.39 is 6.61 Å². The molecule has 0 bridgehead atoms. The summed E-state index contributed by atoms with van der Waals surface area (Å²) in [4.78, 5) is 11.6. The van der Waals surface area contributed by atoms with Crippen LogP contribution in [0.5, 0.6) is 5.75 Å². The Morgan fingerprint density at radius 3 is 2.79 bits per heavy atom. The average Bonchev–Trinajstić information content (AvgIpc) is 2.34. The Labute approximate surface area is 110 Å². The van der Waals surface area contributed by atoms with Crippen LogP contribution in [0, 0.1) is 0 Å². The van der Waals surface area contributed by atoms with E-state index in [1.807, 2.05) is 0 Å². The Bertz CT molecular complexity index is 400. The van der Waals surface area contributed by atoms with Crippen LogP contribution in [0.1, 0.15) is 25.7 Å². The zero-order valence-electron chi connectivity index (χ0n) is 10.6. The van der Waals surface area contributed by atoms with E-state index in [2.05, 4.69) is 10.1 Å². The Kier molecular flexibility index (Phi) is 6.81. The molecule has 4 nitrogen and oxygen atoms in total. The quantitative estimate of drug-likeness (QED) is 0.715. The molecule has 1 aromatic carbocycles. The normalized spacial score (nSPS) is 10.5. The summed E-state index contributed by atoms with van der Waals surface area (Å²) >= 11 is 0. The highest BCUT2D eigenvalue weighted by atomic mass is 19.3. The van der Waals surface area contributed by atoms with Crippen molar-refractivity contribution in [3.05, 3.63) is 24.3 Å². The molecule has 0 unspecified atom stereocenters. The third-order valence-electron chi connectivity index (χ3n) is 2.45. The molecule has 0 atom stereocenters. The van der Waals surface area contributed by atoms with Gasteiger partial charge >= 0.3 is 6.61 Å². The van der Waals surface area contributed by atoms with Gasteiger partial charge in [0.05, 0.1) is 0 Å². The molecule has 0 heterocycles. The number of unbranched alkanes of at least 4 members (excludes halogenated alkanes) is 2. The standard InChI is InChI=1S/C13H18F2N2O2/c14-13(15)19-11-6-4-5-10(9-11)17-12(18)7-2-1-3-8-16/h4-6,9,13H,1-3,7-8,16H2,(H,17,18). The molecule has 0 aliphatic heterocycles. The van der Waals surface area contributed by atoms with Gasteiger partial charge in [0, 0.05) is 18.2 Å². The van der Waals surface area contributed by atoms with Gasteiger partial charge in [0.1, 0.15) is 5.75 Å². The smallest absolute Gasteiger partial charge is 0.387 e. The monoisotopic (exact) mass is 272 g/mol. The Morgan fingerprint density at radius 1 is 1.32 bits per heavy atom. The summed E-state index contributed by atoms with van der Waals surface area (Å²) < 4.78 is 28.3. The van der Waals surface area contributed by atoms with Gasteiger partial charge in [0.2, 0.25) is 5.91 Å². The largest absolute Gasteiger partial charge is 0.435 e. The Balaban J connectivity index is 2.41. The molecule has 0 aliphatic carbocycles. The van der Waals surface area contributed by atoms with Gasteiger partial charge in [-0.2, -0.15) is 8.78 Å². The Hall–Kier alpha value is -1.69. The minimum absolute atomic E-state index is 0.0240. The summed E-state index contributed by atoms with van der Waals surface area (Å²) in [5.74, 6) is -0.123. The van der Waals surface area contributed by atoms with Crippen molar-refractivity contribution in [2.24, 2.45) is 5.73 Å². The summed E-state index contributed by atoms with van der Waals surface area (Å²) in [5, 5.41) is 2.64. The first kappa shape index (κ1) is 15.4. The summed E-state index contributed by atoms with van der Waals surface area (Å²) in [6.07, 6.45) is 2.94. The average molecular weight is 272 g/mol. The van der Waals surface area contributed by atoms with Crippen LogP contribution in [0.4, 0.5) is 14.5 Å². The second-order valence-electron chi connectivity index (χ2n) is 4.05. The van der Waals surface area contributed by atoms with Crippen molar-refractivity contribution in [3.8, 4) is 5.75 Å². The fourth-order valence-corrected chi connectivity index (χ4v) is 1.58. The number of ether oxygens (including phenoxy) is 1. The van der Waals surface area contributed by atoms with E-state index in [0.717, 1.165) is 19.3 Å². The predicted octanol–water partition coefficient (Wildman–Crippen LogP) is 2.75. The zero-order valence-corrected chi connectivity index (χ0v) is 10.6. The van der Waals surface area contributed by atoms with E-state index in [9.17, 15) is 13.6 Å². The van der Waals surface area contributed by atoms with Gasteiger partial charge in [-0.3, -0.25) is 4.79 Å². The SMILES string of the molecule is NCCCCCC(=O)Nc1cccc(OC(F)F)c1. The maximum Gasteiger partial charge on any atom is 0.387 e. The molecular formula is C13H18F2N2O2. The highest BCUT2D eigenvalue weighted by Crippen LogP contribution is 2.19. The molecule has 0 aromatic heterocycles. The van der Waals surface area contributed by atoms with Crippen molar-refractivity contribution >= 4 is 11.6 Å². The number of carbonyl (C=O) groups excluding carboxylic acids is 1. The molecule has 0 spiro atoms. The topological polar surface area (TPSA) is 64.4 Å². The third kappa shape index (κ3) is 6.71. The van der Waals surface area contributed by atoms with Crippen molar-refractivity contribution < 1.29 is 18.3 Å². The first-order valence-electron chi connectivity index (χ1n) is 6.16. The number of hydrogen-bond donors (Lipinski definition) is 2. The van der Waals surface area contributed by atoms with Crippen LogP contribution >= 0.6 is 0 Å². The van der Waals surface area contributed by atoms with Gasteiger partial charge < -0.3 is 15.8 Å². The molecule has 0 aliphatic rings. The van der Waals surface area contributed by atoms with Crippen molar-refractivity contribution in [2.75, 3.05) is 11.9 Å². The highest BCUT2D eigenvalue weighted by molar-refractivity contribution is 5.90. The van der Waals surface area contributed by atoms with Crippen LogP contribution in [-0.2, 0) is 4.79 Å². The molecule has 3 N–H and O–H groups in total. The molecule has 6 heteroatoms. The van der Waals surface area contributed by atoms with Crippen LogP contribution < -0.4 is 15.8 Å². The first-order chi connectivity index (χ1) is 9.11. The number of halogens is 2. The number of carbonyl (C=O) groups is 1. The molecule has 0 radical (unpaired) electrons. The number of amides is 1. The maximum atomic E-state index is 12.0. The second-order valence-corrected chi connectivity index (χ2v) is 4.05. The van der Waals surface area contributed by atoms with Gasteiger partial charge in [0.25, 0.3) is 0 Å². The summed E-state index contributed by atoms with van der Waals surface area (Å²) in [7, 11) is 0. The minimum atomic E-state index is -2.87. The van der Waals surface area contributed by atoms with Crippen molar-refractivity contribution in [2.45, 2.75) is 32.3 Å². The van der Waals surface area contributed by atoms with E-state index in [1.165, 1.54) is 12.1 Å². The van der Waals surface area contributed by atoms with Crippen LogP contribution in [0.3, 0.4) is 0 Å². The summed E-state index contributed by atoms with van der Waals surface area (Å²) in [5.41, 5.74) is 5.80. The summed E-state index contributed by atoms with van der Waals surface area (Å²) in [6, 6.07) is 5.94. The zero-order chi connectivity index (χ0) is 14.1. The maximum absolute atomic E-state index is 12.0. The third-order valence-corrected chi connectivity index (χ3v) is 2.45. The lowest BCUT2D eigenvalue weighted by molar-refractivity contribution is -0.116. The van der Waals surface area contributed by atoms with Crippen LogP contribution in [0.25, 0.3) is 0 Å². The highest BCUT2D eigenvalue weighted by Gasteiger charge is 2.06. The molecule has 1 amide bonds. The van der Waals surface area contributed by atoms with Gasteiger partial charge in [0.15, 0.2) is 0 Å². The molecule has 0 saturated heterocycles. The lowest BCUT2D eigenvalue weighted by atomic mass is 10.2. The number of nitrogens with one attached hydrogen (secondary N) is 1. The van der Waals surface area contributed by atoms with E-state index >= 15 is 0 Å². The lowest BCUT2D eigenvalue weighted by Crippen LogP contribution is -2.11. The fourth-order valence-electron chi connectivity index (χ4n) is 1.58. The molecule has 0 fully saturated rings. The molecule has 0 saturated carbocycles. The number of rotatable bonds is 8. The molecule has 19 heavy (non-hydrogen) atoms. The van der Waals surface area contributed by atoms with E-state index in [0.29, 0.717) is 18.7 Å². The lowest BCUT2D eigenvalue weighted by Gasteiger charge is -2.08. The summed E-state index contributed by atoms with van der Waals surface area (Å²) in [6.45, 7) is -2.25. The van der Waals surface area contributed by atoms with Gasteiger partial charge in [-0.25, -0.2) is 0 Å². The molecule has 1 aromatic rings. The van der Waals surface area contributed by atoms with Crippen LogP contribution in [0.2, 0.25) is 0 Å². The minimum Gasteiger partial charge on any atom is -0.435 e. The number of benzene rings is 1. The fraction of sp³-hybridized carbons (Fsp3) is 0.462. The van der Waals surface area contributed by atoms with Gasteiger partial charge in [-0.1, -0.05) is 12.5 Å². The van der Waals surface area contributed by atoms with E-state index in [-0.39, 0.29) is 11.7 Å². The van der Waals surface area contributed by atoms with E-state index in [4.69, 9.17) is 5.73 Å². The van der Waals surface area contributed by atoms with E-state index in [1.54, 1.807) is 12.1 Å². The molecule has 106 valence electrons. The number of alkyl halides is 2. The molecular weight excluding hydrogens is 254 g/mol. The number of hydrogen-bond acceptors (Lipinski definition) is 3. The van der Waals surface area contributed by atoms with Crippen molar-refractivity contribution in [3.63, 3.8) is 0 Å². The van der Waals surface area contributed by atoms with Crippen molar-refractivity contribution in [1.29, 1.82) is 0 Å². The van der Waals surface area contributed by atoms with Gasteiger partial charge in [-0.05, 0) is 31.5 Å². The van der Waals surface area contributed by atoms with Crippen molar-refractivity contribution in [1.82, 2.24) is 0 Å². The van der Waals surface area contributed by atoms with Gasteiger partial charge in [-0.15, -0.1) is 0 Å². The predicted molar refractivity (Wildman–Crippen MR) is 69.2 cm³/mol. The second kappa shape index (κ2) is 8.42. The van der Waals surface area contributed by atoms with Crippen LogP contribution in [-0.4, -0.2) is 19.1 Å². The number of anilines is 1. The number of nitrogens with two attached hydrogens (primary N) is 1. The molecule has 1 rings (SSSR count). The first-order valence-corrected chi connectivity index (χ1v) is 6.16. The Morgan fingerprint density at radius 2 is 2.11 bits per heavy atom. The van der Waals surface area contributed by atoms with Crippen LogP contribution in [0.15, 0.2) is 24.3 Å².